The van der Waals surface area contributed by atoms with Crippen molar-refractivity contribution in [1.29, 1.82) is 0 Å². The summed E-state index contributed by atoms with van der Waals surface area (Å²) in [4.78, 5) is 71.4. The fourth-order valence-electron chi connectivity index (χ4n) is 3.09. The number of nitrogens with one attached hydrogen (secondary N) is 3. The molecule has 0 spiro atoms. The summed E-state index contributed by atoms with van der Waals surface area (Å²) >= 11 is 0. The summed E-state index contributed by atoms with van der Waals surface area (Å²) in [6.07, 6.45) is -0.954. The molecule has 13 heteroatoms. The van der Waals surface area contributed by atoms with E-state index in [1.807, 2.05) is 20.8 Å². The van der Waals surface area contributed by atoms with Gasteiger partial charge in [-0.05, 0) is 31.1 Å². The second kappa shape index (κ2) is 15.6. The van der Waals surface area contributed by atoms with Crippen molar-refractivity contribution in [2.24, 2.45) is 17.6 Å². The van der Waals surface area contributed by atoms with Crippen LogP contribution >= 0.6 is 0 Å². The minimum absolute atomic E-state index is 0.0374. The summed E-state index contributed by atoms with van der Waals surface area (Å²) in [6, 6.07) is -4.92. The summed E-state index contributed by atoms with van der Waals surface area (Å²) in [6.45, 7) is 7.28. The van der Waals surface area contributed by atoms with Crippen LogP contribution in [0.1, 0.15) is 66.2 Å². The Bertz CT molecular complexity index is 772. The summed E-state index contributed by atoms with van der Waals surface area (Å²) in [5.74, 6) is -6.46. The van der Waals surface area contributed by atoms with E-state index in [0.29, 0.717) is 6.42 Å². The highest BCUT2D eigenvalue weighted by molar-refractivity contribution is 5.94. The number of aliphatic carboxylic acids is 3. The second-order valence-electron chi connectivity index (χ2n) is 8.93. The van der Waals surface area contributed by atoms with E-state index in [9.17, 15) is 33.9 Å². The highest BCUT2D eigenvalue weighted by Crippen LogP contribution is 2.10. The normalized spacial score (nSPS) is 15.3. The molecule has 3 amide bonds. The van der Waals surface area contributed by atoms with Gasteiger partial charge in [-0.15, -0.1) is 0 Å². The van der Waals surface area contributed by atoms with Crippen LogP contribution in [0.2, 0.25) is 0 Å². The molecular formula is C22H38N4O9. The van der Waals surface area contributed by atoms with E-state index in [-0.39, 0.29) is 24.7 Å². The number of carbonyl (C=O) groups excluding carboxylic acids is 3. The Morgan fingerprint density at radius 2 is 1.14 bits per heavy atom. The number of carbonyl (C=O) groups is 6. The lowest BCUT2D eigenvalue weighted by molar-refractivity contribution is -0.144. The molecule has 0 aromatic heterocycles. The maximum Gasteiger partial charge on any atom is 0.326 e. The van der Waals surface area contributed by atoms with Crippen molar-refractivity contribution >= 4 is 35.6 Å². The fraction of sp³-hybridized carbons (Fsp3) is 0.727. The molecule has 0 radical (unpaired) electrons. The van der Waals surface area contributed by atoms with Gasteiger partial charge < -0.3 is 37.0 Å². The summed E-state index contributed by atoms with van der Waals surface area (Å²) < 4.78 is 0. The molecule has 0 rings (SSSR count). The molecule has 0 saturated carbocycles. The van der Waals surface area contributed by atoms with Gasteiger partial charge in [0, 0.05) is 12.8 Å². The monoisotopic (exact) mass is 502 g/mol. The van der Waals surface area contributed by atoms with Crippen molar-refractivity contribution in [1.82, 2.24) is 16.0 Å². The minimum Gasteiger partial charge on any atom is -0.481 e. The van der Waals surface area contributed by atoms with Crippen LogP contribution in [0.25, 0.3) is 0 Å². The molecule has 0 aliphatic carbocycles. The Morgan fingerprint density at radius 3 is 1.57 bits per heavy atom. The van der Waals surface area contributed by atoms with Crippen molar-refractivity contribution in [2.45, 2.75) is 90.4 Å². The lowest BCUT2D eigenvalue weighted by atomic mass is 9.97. The standard InChI is InChI=1S/C22H38N4O9/c1-5-12(4)18(23)21(33)26-15(10-11(2)3)20(32)24-13(6-8-16(27)28)19(31)25-14(22(34)35)7-9-17(29)30/h11-15,18H,5-10,23H2,1-4H3,(H,24,32)(H,25,31)(H,26,33)(H,27,28)(H,29,30)(H,34,35). The van der Waals surface area contributed by atoms with E-state index >= 15 is 0 Å². The largest absolute Gasteiger partial charge is 0.481 e. The number of nitrogens with two attached hydrogens (primary N) is 1. The molecule has 5 atom stereocenters. The first-order valence-corrected chi connectivity index (χ1v) is 11.5. The zero-order valence-corrected chi connectivity index (χ0v) is 20.6. The molecule has 8 N–H and O–H groups in total. The van der Waals surface area contributed by atoms with Gasteiger partial charge in [-0.3, -0.25) is 24.0 Å². The van der Waals surface area contributed by atoms with E-state index in [0.717, 1.165) is 0 Å². The van der Waals surface area contributed by atoms with Crippen LogP contribution in [0.4, 0.5) is 0 Å². The van der Waals surface area contributed by atoms with Gasteiger partial charge in [0.1, 0.15) is 18.1 Å². The smallest absolute Gasteiger partial charge is 0.326 e. The number of amides is 3. The third-order valence-electron chi connectivity index (χ3n) is 5.44. The average molecular weight is 503 g/mol. The Morgan fingerprint density at radius 1 is 0.714 bits per heavy atom. The molecule has 0 heterocycles. The molecule has 0 aliphatic rings. The van der Waals surface area contributed by atoms with Crippen molar-refractivity contribution < 1.29 is 44.1 Å². The third-order valence-corrected chi connectivity index (χ3v) is 5.44. The Balaban J connectivity index is 5.62. The van der Waals surface area contributed by atoms with Gasteiger partial charge in [0.25, 0.3) is 0 Å². The molecule has 0 bridgehead atoms. The Hall–Kier alpha value is -3.22. The van der Waals surface area contributed by atoms with Crippen LogP contribution in [-0.4, -0.2) is 75.1 Å². The summed E-state index contributed by atoms with van der Waals surface area (Å²) in [5, 5.41) is 34.2. The number of rotatable bonds is 17. The summed E-state index contributed by atoms with van der Waals surface area (Å²) in [5.41, 5.74) is 5.94. The molecule has 35 heavy (non-hydrogen) atoms. The fourth-order valence-corrected chi connectivity index (χ4v) is 3.09. The molecule has 13 nitrogen and oxygen atoms in total. The number of carboxylic acids is 3. The molecule has 200 valence electrons. The van der Waals surface area contributed by atoms with Crippen molar-refractivity contribution in [3.05, 3.63) is 0 Å². The van der Waals surface area contributed by atoms with Crippen LogP contribution < -0.4 is 21.7 Å². The quantitative estimate of drug-likeness (QED) is 0.137. The van der Waals surface area contributed by atoms with Crippen LogP contribution in [0.3, 0.4) is 0 Å². The molecule has 0 aromatic carbocycles. The van der Waals surface area contributed by atoms with Gasteiger partial charge in [0.15, 0.2) is 0 Å². The van der Waals surface area contributed by atoms with Crippen LogP contribution in [0, 0.1) is 11.8 Å². The number of hydrogen-bond acceptors (Lipinski definition) is 7. The molecule has 0 fully saturated rings. The lowest BCUT2D eigenvalue weighted by Crippen LogP contribution is -2.58. The van der Waals surface area contributed by atoms with Crippen molar-refractivity contribution in [3.63, 3.8) is 0 Å². The zero-order chi connectivity index (χ0) is 27.3. The molecule has 0 aliphatic heterocycles. The van der Waals surface area contributed by atoms with E-state index < -0.39 is 79.1 Å². The Labute approximate surface area is 204 Å². The van der Waals surface area contributed by atoms with Gasteiger partial charge >= 0.3 is 17.9 Å². The highest BCUT2D eigenvalue weighted by Gasteiger charge is 2.31. The lowest BCUT2D eigenvalue weighted by Gasteiger charge is -2.26. The molecular weight excluding hydrogens is 464 g/mol. The van der Waals surface area contributed by atoms with E-state index in [1.54, 1.807) is 6.92 Å². The van der Waals surface area contributed by atoms with Gasteiger partial charge in [-0.1, -0.05) is 34.1 Å². The first kappa shape index (κ1) is 31.8. The van der Waals surface area contributed by atoms with Crippen molar-refractivity contribution in [2.75, 3.05) is 0 Å². The van der Waals surface area contributed by atoms with Crippen LogP contribution in [-0.2, 0) is 28.8 Å². The zero-order valence-electron chi connectivity index (χ0n) is 20.6. The second-order valence-corrected chi connectivity index (χ2v) is 8.93. The Kier molecular flexibility index (Phi) is 14.2. The average Bonchev–Trinajstić information content (AvgIpc) is 2.76. The molecule has 0 aromatic rings. The van der Waals surface area contributed by atoms with Gasteiger partial charge in [-0.25, -0.2) is 4.79 Å². The maximum atomic E-state index is 13.0. The van der Waals surface area contributed by atoms with E-state index in [2.05, 4.69) is 16.0 Å². The van der Waals surface area contributed by atoms with Crippen LogP contribution in [0.15, 0.2) is 0 Å². The third kappa shape index (κ3) is 12.7. The number of carboxylic acid groups (broad SMARTS) is 3. The topological polar surface area (TPSA) is 225 Å². The minimum atomic E-state index is -1.55. The number of hydrogen-bond donors (Lipinski definition) is 7. The molecule has 5 unspecified atom stereocenters. The first-order chi connectivity index (χ1) is 16.2. The first-order valence-electron chi connectivity index (χ1n) is 11.5. The van der Waals surface area contributed by atoms with E-state index in [1.165, 1.54) is 0 Å². The van der Waals surface area contributed by atoms with Gasteiger partial charge in [0.2, 0.25) is 17.7 Å². The predicted octanol–water partition coefficient (Wildman–Crippen LogP) is -0.325. The van der Waals surface area contributed by atoms with Crippen LogP contribution in [0.5, 0.6) is 0 Å². The van der Waals surface area contributed by atoms with Gasteiger partial charge in [0.05, 0.1) is 6.04 Å². The maximum absolute atomic E-state index is 13.0. The molecule has 0 saturated heterocycles. The van der Waals surface area contributed by atoms with E-state index in [4.69, 9.17) is 15.9 Å². The SMILES string of the molecule is CCC(C)C(N)C(=O)NC(CC(C)C)C(=O)NC(CCC(=O)O)C(=O)NC(CCC(=O)O)C(=O)O. The highest BCUT2D eigenvalue weighted by atomic mass is 16.4. The predicted molar refractivity (Wildman–Crippen MR) is 124 cm³/mol. The van der Waals surface area contributed by atoms with Crippen molar-refractivity contribution in [3.8, 4) is 0 Å². The van der Waals surface area contributed by atoms with Gasteiger partial charge in [-0.2, -0.15) is 0 Å². The summed E-state index contributed by atoms with van der Waals surface area (Å²) in [7, 11) is 0.